The molecule has 0 aliphatic heterocycles. The van der Waals surface area contributed by atoms with Crippen molar-refractivity contribution >= 4 is 17.7 Å². The fourth-order valence-electron chi connectivity index (χ4n) is 5.77. The Bertz CT molecular complexity index is 932. The first kappa shape index (κ1) is 24.4. The predicted octanol–water partition coefficient (Wildman–Crippen LogP) is 1.38. The first-order valence-corrected chi connectivity index (χ1v) is 10.7. The Morgan fingerprint density at radius 2 is 1.81 bits per heavy atom. The Balaban J connectivity index is 2.25. The van der Waals surface area contributed by atoms with Crippen LogP contribution in [0.5, 0.6) is 0 Å². The average molecular weight is 449 g/mol. The number of Topliss-reactive ketones (excluding diaryl/α,β-unsaturated/α-hetero) is 1. The summed E-state index contributed by atoms with van der Waals surface area (Å²) in [6.07, 6.45) is 1.58. The van der Waals surface area contributed by atoms with E-state index in [0.717, 1.165) is 0 Å². The van der Waals surface area contributed by atoms with Crippen molar-refractivity contribution in [2.45, 2.75) is 70.4 Å². The monoisotopic (exact) mass is 448 g/mol. The SMILES string of the molecule is C=C(C)[C@]1(O)C[C@@H](C)[C@@]2(O)[C@@H](C=C(COC(C)=O)C[C@]3(OC(C)=O)C(=O)C(C)=C[C@@H]23)[C@H]1O. The molecule has 3 aliphatic rings. The van der Waals surface area contributed by atoms with Gasteiger partial charge in [-0.2, -0.15) is 0 Å². The molecule has 0 heterocycles. The third-order valence-electron chi connectivity index (χ3n) is 7.36. The van der Waals surface area contributed by atoms with Gasteiger partial charge in [0.1, 0.15) is 12.2 Å². The quantitative estimate of drug-likeness (QED) is 0.434. The molecule has 0 bridgehead atoms. The third kappa shape index (κ3) is 3.45. The van der Waals surface area contributed by atoms with E-state index in [1.807, 2.05) is 0 Å². The standard InChI is InChI=1S/C24H32O8/c1-12(2)22(29)9-14(4)24(30)18(21(22)28)8-17(11-31-15(5)25)10-23(32-16(6)26)19(24)7-13(3)20(23)27/h7-8,14,18-19,21,28-30H,1,9-11H2,2-6H3/t14-,18+,19-,21-,22-,23-,24-/m1/s1. The van der Waals surface area contributed by atoms with Crippen LogP contribution in [0.2, 0.25) is 0 Å². The zero-order valence-electron chi connectivity index (χ0n) is 19.2. The fourth-order valence-corrected chi connectivity index (χ4v) is 5.77. The average Bonchev–Trinajstić information content (AvgIpc) is 2.85. The minimum absolute atomic E-state index is 0.00263. The van der Waals surface area contributed by atoms with Crippen molar-refractivity contribution in [3.63, 3.8) is 0 Å². The minimum Gasteiger partial charge on any atom is -0.461 e. The van der Waals surface area contributed by atoms with Gasteiger partial charge in [0.05, 0.1) is 17.6 Å². The first-order valence-electron chi connectivity index (χ1n) is 10.7. The Kier molecular flexibility index (Phi) is 6.04. The number of ketones is 1. The van der Waals surface area contributed by atoms with Crippen molar-refractivity contribution in [2.75, 3.05) is 6.61 Å². The van der Waals surface area contributed by atoms with Gasteiger partial charge in [-0.25, -0.2) is 0 Å². The van der Waals surface area contributed by atoms with Crippen molar-refractivity contribution in [3.05, 3.63) is 35.5 Å². The number of ether oxygens (including phenoxy) is 2. The number of rotatable bonds is 4. The molecule has 0 radical (unpaired) electrons. The maximum atomic E-state index is 13.4. The van der Waals surface area contributed by atoms with E-state index in [1.54, 1.807) is 32.9 Å². The Morgan fingerprint density at radius 1 is 1.19 bits per heavy atom. The lowest BCUT2D eigenvalue weighted by atomic mass is 9.55. The van der Waals surface area contributed by atoms with Crippen LogP contribution in [0.1, 0.15) is 47.5 Å². The lowest BCUT2D eigenvalue weighted by Crippen LogP contribution is -2.68. The van der Waals surface area contributed by atoms with E-state index in [4.69, 9.17) is 9.47 Å². The number of carbonyl (C=O) groups is 3. The summed E-state index contributed by atoms with van der Waals surface area (Å²) in [6, 6.07) is 0. The Hall–Kier alpha value is -2.29. The summed E-state index contributed by atoms with van der Waals surface area (Å²) >= 11 is 0. The van der Waals surface area contributed by atoms with Crippen LogP contribution >= 0.6 is 0 Å². The van der Waals surface area contributed by atoms with E-state index >= 15 is 0 Å². The molecule has 1 fully saturated rings. The highest BCUT2D eigenvalue weighted by Gasteiger charge is 2.69. The predicted molar refractivity (Wildman–Crippen MR) is 114 cm³/mol. The van der Waals surface area contributed by atoms with E-state index in [2.05, 4.69) is 6.58 Å². The molecule has 176 valence electrons. The fraction of sp³-hybridized carbons (Fsp3) is 0.625. The smallest absolute Gasteiger partial charge is 0.303 e. The van der Waals surface area contributed by atoms with Gasteiger partial charge in [-0.05, 0) is 42.9 Å². The van der Waals surface area contributed by atoms with E-state index < -0.39 is 58.4 Å². The Morgan fingerprint density at radius 3 is 2.34 bits per heavy atom. The van der Waals surface area contributed by atoms with E-state index in [-0.39, 0.29) is 19.4 Å². The molecule has 8 nitrogen and oxygen atoms in total. The van der Waals surface area contributed by atoms with Crippen molar-refractivity contribution in [1.29, 1.82) is 0 Å². The second-order valence-corrected chi connectivity index (χ2v) is 9.59. The number of hydrogen-bond donors (Lipinski definition) is 3. The molecule has 0 saturated heterocycles. The van der Waals surface area contributed by atoms with Gasteiger partial charge in [0, 0.05) is 26.2 Å². The van der Waals surface area contributed by atoms with Crippen LogP contribution in [-0.2, 0) is 23.9 Å². The summed E-state index contributed by atoms with van der Waals surface area (Å²) in [7, 11) is 0. The molecule has 0 aromatic carbocycles. The zero-order chi connectivity index (χ0) is 24.2. The molecule has 1 saturated carbocycles. The van der Waals surface area contributed by atoms with E-state index in [1.165, 1.54) is 13.8 Å². The first-order chi connectivity index (χ1) is 14.7. The number of hydrogen-bond acceptors (Lipinski definition) is 8. The molecule has 0 aromatic rings. The topological polar surface area (TPSA) is 130 Å². The largest absolute Gasteiger partial charge is 0.461 e. The maximum absolute atomic E-state index is 13.4. The van der Waals surface area contributed by atoms with Gasteiger partial charge in [-0.3, -0.25) is 14.4 Å². The van der Waals surface area contributed by atoms with Crippen LogP contribution in [0.15, 0.2) is 35.5 Å². The minimum atomic E-state index is -1.74. The second kappa shape index (κ2) is 7.93. The molecular weight excluding hydrogens is 416 g/mol. The van der Waals surface area contributed by atoms with Crippen LogP contribution in [0.25, 0.3) is 0 Å². The van der Waals surface area contributed by atoms with Gasteiger partial charge in [0.2, 0.25) is 5.78 Å². The molecule has 7 atom stereocenters. The van der Waals surface area contributed by atoms with Gasteiger partial charge < -0.3 is 24.8 Å². The number of carbonyl (C=O) groups excluding carboxylic acids is 3. The maximum Gasteiger partial charge on any atom is 0.303 e. The summed E-state index contributed by atoms with van der Waals surface area (Å²) in [5, 5.41) is 34.7. The van der Waals surface area contributed by atoms with Gasteiger partial charge in [0.25, 0.3) is 0 Å². The van der Waals surface area contributed by atoms with Gasteiger partial charge >= 0.3 is 11.9 Å². The number of aliphatic hydroxyl groups is 3. The zero-order valence-corrected chi connectivity index (χ0v) is 19.2. The van der Waals surface area contributed by atoms with Crippen molar-refractivity contribution in [3.8, 4) is 0 Å². The summed E-state index contributed by atoms with van der Waals surface area (Å²) in [6.45, 7) is 11.0. The summed E-state index contributed by atoms with van der Waals surface area (Å²) in [5.74, 6) is -4.31. The molecule has 8 heteroatoms. The lowest BCUT2D eigenvalue weighted by molar-refractivity contribution is -0.227. The Labute approximate surface area is 187 Å². The van der Waals surface area contributed by atoms with Crippen molar-refractivity contribution in [1.82, 2.24) is 0 Å². The van der Waals surface area contributed by atoms with Gasteiger partial charge in [-0.15, -0.1) is 0 Å². The molecule has 0 spiro atoms. The summed E-state index contributed by atoms with van der Waals surface area (Å²) in [4.78, 5) is 36.9. The third-order valence-corrected chi connectivity index (χ3v) is 7.36. The van der Waals surface area contributed by atoms with Gasteiger partial charge in [-0.1, -0.05) is 25.7 Å². The molecule has 3 N–H and O–H groups in total. The second-order valence-electron chi connectivity index (χ2n) is 9.59. The molecule has 3 aliphatic carbocycles. The van der Waals surface area contributed by atoms with Crippen LogP contribution < -0.4 is 0 Å². The molecule has 32 heavy (non-hydrogen) atoms. The van der Waals surface area contributed by atoms with Crippen LogP contribution in [0.4, 0.5) is 0 Å². The normalized spacial score (nSPS) is 40.9. The highest BCUT2D eigenvalue weighted by atomic mass is 16.6. The lowest BCUT2D eigenvalue weighted by Gasteiger charge is -2.56. The summed E-state index contributed by atoms with van der Waals surface area (Å²) < 4.78 is 10.8. The molecule has 3 rings (SSSR count). The van der Waals surface area contributed by atoms with Crippen molar-refractivity contribution in [2.24, 2.45) is 17.8 Å². The van der Waals surface area contributed by atoms with Crippen LogP contribution in [0, 0.1) is 17.8 Å². The highest BCUT2D eigenvalue weighted by molar-refractivity contribution is 6.06. The molecular formula is C24H32O8. The summed E-state index contributed by atoms with van der Waals surface area (Å²) in [5.41, 5.74) is -4.06. The van der Waals surface area contributed by atoms with Crippen LogP contribution in [0.3, 0.4) is 0 Å². The van der Waals surface area contributed by atoms with E-state index in [0.29, 0.717) is 16.7 Å². The van der Waals surface area contributed by atoms with Gasteiger partial charge in [0.15, 0.2) is 5.60 Å². The van der Waals surface area contributed by atoms with Crippen LogP contribution in [-0.4, -0.2) is 62.6 Å². The number of fused-ring (bicyclic) bond motifs is 3. The number of esters is 2. The molecule has 0 unspecified atom stereocenters. The van der Waals surface area contributed by atoms with Crippen molar-refractivity contribution < 1.29 is 39.2 Å². The number of aliphatic hydroxyl groups excluding tert-OH is 1. The highest BCUT2D eigenvalue weighted by Crippen LogP contribution is 2.58. The molecule has 0 aromatic heterocycles. The molecule has 0 amide bonds. The van der Waals surface area contributed by atoms with E-state index in [9.17, 15) is 29.7 Å².